The van der Waals surface area contributed by atoms with Crippen molar-refractivity contribution in [2.75, 3.05) is 39.3 Å². The number of aliphatic imine (C=N–C) groups is 1. The Morgan fingerprint density at radius 3 is 2.75 bits per heavy atom. The predicted octanol–water partition coefficient (Wildman–Crippen LogP) is 2.69. The highest BCUT2D eigenvalue weighted by atomic mass is 127. The van der Waals surface area contributed by atoms with Gasteiger partial charge >= 0.3 is 0 Å². The minimum Gasteiger partial charge on any atom is -0.357 e. The third-order valence-electron chi connectivity index (χ3n) is 3.59. The van der Waals surface area contributed by atoms with Crippen molar-refractivity contribution in [1.29, 1.82) is 0 Å². The van der Waals surface area contributed by atoms with Gasteiger partial charge in [0.2, 0.25) is 0 Å². The maximum atomic E-state index is 4.58. The first-order valence-electron chi connectivity index (χ1n) is 8.00. The Morgan fingerprint density at radius 1 is 1.30 bits per heavy atom. The van der Waals surface area contributed by atoms with Gasteiger partial charge in [-0.1, -0.05) is 20.3 Å². The Labute approximate surface area is 142 Å². The summed E-state index contributed by atoms with van der Waals surface area (Å²) in [6, 6.07) is 0. The Hall–Kier alpha value is -0.0400. The van der Waals surface area contributed by atoms with Crippen molar-refractivity contribution >= 4 is 29.9 Å². The largest absolute Gasteiger partial charge is 0.357 e. The molecule has 1 saturated heterocycles. The smallest absolute Gasteiger partial charge is 0.191 e. The summed E-state index contributed by atoms with van der Waals surface area (Å²) >= 11 is 0. The summed E-state index contributed by atoms with van der Waals surface area (Å²) in [5.41, 5.74) is 0. The van der Waals surface area contributed by atoms with Gasteiger partial charge < -0.3 is 15.5 Å². The average Bonchev–Trinajstić information content (AvgIpc) is 2.39. The van der Waals surface area contributed by atoms with Crippen LogP contribution in [0.15, 0.2) is 4.99 Å². The van der Waals surface area contributed by atoms with Crippen molar-refractivity contribution in [3.63, 3.8) is 0 Å². The highest BCUT2D eigenvalue weighted by molar-refractivity contribution is 14.0. The molecule has 120 valence electrons. The molecule has 0 amide bonds. The van der Waals surface area contributed by atoms with Gasteiger partial charge in [-0.05, 0) is 38.6 Å². The Morgan fingerprint density at radius 2 is 2.10 bits per heavy atom. The lowest BCUT2D eigenvalue weighted by Crippen LogP contribution is -2.43. The number of nitrogens with zero attached hydrogens (tertiary/aromatic N) is 2. The van der Waals surface area contributed by atoms with Crippen LogP contribution in [0.4, 0.5) is 0 Å². The van der Waals surface area contributed by atoms with E-state index in [-0.39, 0.29) is 24.0 Å². The Kier molecular flexibility index (Phi) is 12.7. The molecule has 1 heterocycles. The van der Waals surface area contributed by atoms with Crippen LogP contribution in [0, 0.1) is 5.92 Å². The summed E-state index contributed by atoms with van der Waals surface area (Å²) < 4.78 is 0. The molecule has 0 aromatic rings. The second-order valence-electron chi connectivity index (χ2n) is 5.59. The Balaban J connectivity index is 0.00000361. The molecule has 1 aliphatic heterocycles. The number of rotatable bonds is 7. The van der Waals surface area contributed by atoms with E-state index in [4.69, 9.17) is 0 Å². The number of unbranched alkanes of at least 4 members (excludes halogenated alkanes) is 1. The molecule has 0 aromatic heterocycles. The van der Waals surface area contributed by atoms with Crippen molar-refractivity contribution in [1.82, 2.24) is 15.5 Å². The molecule has 1 fully saturated rings. The van der Waals surface area contributed by atoms with E-state index in [0.717, 1.165) is 38.1 Å². The number of guanidine groups is 1. The maximum Gasteiger partial charge on any atom is 0.191 e. The molecule has 0 aromatic carbocycles. The lowest BCUT2D eigenvalue weighted by molar-refractivity contribution is 0.187. The normalized spacial score (nSPS) is 20.4. The van der Waals surface area contributed by atoms with E-state index >= 15 is 0 Å². The Bertz CT molecular complexity index is 258. The fraction of sp³-hybridized carbons (Fsp3) is 0.933. The lowest BCUT2D eigenvalue weighted by atomic mass is 10.0. The van der Waals surface area contributed by atoms with Gasteiger partial charge in [0.15, 0.2) is 5.96 Å². The summed E-state index contributed by atoms with van der Waals surface area (Å²) in [4.78, 5) is 7.14. The van der Waals surface area contributed by atoms with Gasteiger partial charge in [0, 0.05) is 32.7 Å². The second kappa shape index (κ2) is 12.7. The van der Waals surface area contributed by atoms with Crippen molar-refractivity contribution in [2.45, 2.75) is 46.5 Å². The molecule has 5 heteroatoms. The SMILES string of the molecule is CCCCN=C(NCC)NCCN1CCCC(C)C1.I. The summed E-state index contributed by atoms with van der Waals surface area (Å²) in [7, 11) is 0. The van der Waals surface area contributed by atoms with E-state index in [1.54, 1.807) is 0 Å². The topological polar surface area (TPSA) is 39.7 Å². The van der Waals surface area contributed by atoms with E-state index in [2.05, 4.69) is 41.3 Å². The minimum absolute atomic E-state index is 0. The van der Waals surface area contributed by atoms with Crippen molar-refractivity contribution in [3.05, 3.63) is 0 Å². The van der Waals surface area contributed by atoms with Gasteiger partial charge in [0.1, 0.15) is 0 Å². The first kappa shape index (κ1) is 20.0. The first-order chi connectivity index (χ1) is 9.26. The molecule has 1 unspecified atom stereocenters. The summed E-state index contributed by atoms with van der Waals surface area (Å²) in [5, 5.41) is 6.75. The number of hydrogen-bond acceptors (Lipinski definition) is 2. The predicted molar refractivity (Wildman–Crippen MR) is 99.1 cm³/mol. The molecule has 0 spiro atoms. The van der Waals surface area contributed by atoms with E-state index in [1.807, 2.05) is 0 Å². The van der Waals surface area contributed by atoms with Crippen LogP contribution < -0.4 is 10.6 Å². The van der Waals surface area contributed by atoms with Crippen molar-refractivity contribution < 1.29 is 0 Å². The number of likely N-dealkylation sites (tertiary alicyclic amines) is 1. The van der Waals surface area contributed by atoms with Gasteiger partial charge in [0.25, 0.3) is 0 Å². The van der Waals surface area contributed by atoms with Gasteiger partial charge in [-0.25, -0.2) is 0 Å². The highest BCUT2D eigenvalue weighted by Gasteiger charge is 2.15. The fourth-order valence-corrected chi connectivity index (χ4v) is 2.51. The number of nitrogens with one attached hydrogen (secondary N) is 2. The monoisotopic (exact) mass is 396 g/mol. The molecule has 4 nitrogen and oxygen atoms in total. The van der Waals surface area contributed by atoms with Crippen LogP contribution in [0.5, 0.6) is 0 Å². The van der Waals surface area contributed by atoms with Gasteiger partial charge in [0.05, 0.1) is 0 Å². The minimum atomic E-state index is 0. The summed E-state index contributed by atoms with van der Waals surface area (Å²) in [6.07, 6.45) is 5.12. The van der Waals surface area contributed by atoms with E-state index in [9.17, 15) is 0 Å². The number of piperidine rings is 1. The van der Waals surface area contributed by atoms with Crippen LogP contribution in [0.2, 0.25) is 0 Å². The second-order valence-corrected chi connectivity index (χ2v) is 5.59. The molecular formula is C15H33IN4. The summed E-state index contributed by atoms with van der Waals surface area (Å²) in [6.45, 7) is 13.2. The van der Waals surface area contributed by atoms with Crippen LogP contribution in [-0.4, -0.2) is 50.1 Å². The molecule has 0 bridgehead atoms. The zero-order valence-electron chi connectivity index (χ0n) is 13.5. The van der Waals surface area contributed by atoms with E-state index < -0.39 is 0 Å². The molecule has 1 rings (SSSR count). The summed E-state index contributed by atoms with van der Waals surface area (Å²) in [5.74, 6) is 1.83. The first-order valence-corrected chi connectivity index (χ1v) is 8.00. The molecule has 0 saturated carbocycles. The molecule has 2 N–H and O–H groups in total. The van der Waals surface area contributed by atoms with Crippen LogP contribution >= 0.6 is 24.0 Å². The quantitative estimate of drug-likeness (QED) is 0.301. The van der Waals surface area contributed by atoms with Crippen LogP contribution in [0.3, 0.4) is 0 Å². The highest BCUT2D eigenvalue weighted by Crippen LogP contribution is 2.14. The zero-order chi connectivity index (χ0) is 13.9. The van der Waals surface area contributed by atoms with E-state index in [0.29, 0.717) is 0 Å². The molecule has 0 aliphatic carbocycles. The molecule has 20 heavy (non-hydrogen) atoms. The number of halogens is 1. The van der Waals surface area contributed by atoms with Crippen LogP contribution in [0.25, 0.3) is 0 Å². The molecular weight excluding hydrogens is 363 g/mol. The van der Waals surface area contributed by atoms with Gasteiger partial charge in [-0.3, -0.25) is 4.99 Å². The number of hydrogen-bond donors (Lipinski definition) is 2. The molecule has 0 radical (unpaired) electrons. The third-order valence-corrected chi connectivity index (χ3v) is 3.59. The van der Waals surface area contributed by atoms with Crippen LogP contribution in [0.1, 0.15) is 46.5 Å². The van der Waals surface area contributed by atoms with E-state index in [1.165, 1.54) is 38.8 Å². The fourth-order valence-electron chi connectivity index (χ4n) is 2.51. The van der Waals surface area contributed by atoms with Gasteiger partial charge in [-0.15, -0.1) is 24.0 Å². The van der Waals surface area contributed by atoms with Crippen molar-refractivity contribution in [3.8, 4) is 0 Å². The molecule has 1 atom stereocenters. The van der Waals surface area contributed by atoms with Crippen molar-refractivity contribution in [2.24, 2.45) is 10.9 Å². The lowest BCUT2D eigenvalue weighted by Gasteiger charge is -2.30. The zero-order valence-corrected chi connectivity index (χ0v) is 15.8. The van der Waals surface area contributed by atoms with Gasteiger partial charge in [-0.2, -0.15) is 0 Å². The average molecular weight is 396 g/mol. The van der Waals surface area contributed by atoms with Crippen LogP contribution in [-0.2, 0) is 0 Å². The standard InChI is InChI=1S/C15H32N4.HI/c1-4-6-9-17-15(16-5-2)18-10-12-19-11-7-8-14(3)13-19;/h14H,4-13H2,1-3H3,(H2,16,17,18);1H. The molecule has 1 aliphatic rings. The maximum absolute atomic E-state index is 4.58. The third kappa shape index (κ3) is 9.00.